The molecule has 1 fully saturated rings. The number of carbonyl (C=O) groups excluding carboxylic acids is 1. The molecule has 1 unspecified atom stereocenters. The van der Waals surface area contributed by atoms with Crippen molar-refractivity contribution in [2.45, 2.75) is 33.6 Å². The molecule has 0 radical (unpaired) electrons. The van der Waals surface area contributed by atoms with Crippen LogP contribution in [0.3, 0.4) is 0 Å². The van der Waals surface area contributed by atoms with E-state index in [0.29, 0.717) is 19.6 Å². The van der Waals surface area contributed by atoms with Crippen molar-refractivity contribution in [1.82, 2.24) is 4.90 Å². The number of likely N-dealkylation sites (tertiary alicyclic amines) is 1. The van der Waals surface area contributed by atoms with Gasteiger partial charge in [-0.25, -0.2) is 0 Å². The fraction of sp³-hybridized carbons (Fsp3) is 0.588. The SMILES string of the molecule is Cc1cccc(OCCC(=O)N2CCC(C)(CN)C2)c1C. The number of hydrogen-bond donors (Lipinski definition) is 1. The first kappa shape index (κ1) is 15.8. The van der Waals surface area contributed by atoms with Crippen LogP contribution in [0.1, 0.15) is 30.9 Å². The van der Waals surface area contributed by atoms with E-state index in [1.807, 2.05) is 24.0 Å². The molecular weight excluding hydrogens is 264 g/mol. The quantitative estimate of drug-likeness (QED) is 0.905. The summed E-state index contributed by atoms with van der Waals surface area (Å²) in [6, 6.07) is 5.99. The lowest BCUT2D eigenvalue weighted by Crippen LogP contribution is -2.35. The highest BCUT2D eigenvalue weighted by Crippen LogP contribution is 2.28. The lowest BCUT2D eigenvalue weighted by molar-refractivity contribution is -0.131. The van der Waals surface area contributed by atoms with Crippen LogP contribution in [0.2, 0.25) is 0 Å². The number of rotatable bonds is 5. The van der Waals surface area contributed by atoms with Gasteiger partial charge in [0.2, 0.25) is 5.91 Å². The molecule has 21 heavy (non-hydrogen) atoms. The molecule has 1 aliphatic rings. The highest BCUT2D eigenvalue weighted by molar-refractivity contribution is 5.76. The molecule has 1 aliphatic heterocycles. The van der Waals surface area contributed by atoms with Crippen molar-refractivity contribution in [1.29, 1.82) is 0 Å². The molecule has 1 aromatic carbocycles. The Morgan fingerprint density at radius 3 is 2.86 bits per heavy atom. The second-order valence-corrected chi connectivity index (χ2v) is 6.38. The number of hydrogen-bond acceptors (Lipinski definition) is 3. The van der Waals surface area contributed by atoms with E-state index in [4.69, 9.17) is 10.5 Å². The number of nitrogens with two attached hydrogens (primary N) is 1. The summed E-state index contributed by atoms with van der Waals surface area (Å²) in [5.41, 5.74) is 8.21. The van der Waals surface area contributed by atoms with Crippen molar-refractivity contribution in [3.05, 3.63) is 29.3 Å². The standard InChI is InChI=1S/C17H26N2O2/c1-13-5-4-6-15(14(13)2)21-10-7-16(20)19-9-8-17(3,11-18)12-19/h4-6H,7-12,18H2,1-3H3. The summed E-state index contributed by atoms with van der Waals surface area (Å²) in [6.07, 6.45) is 1.42. The first-order valence-corrected chi connectivity index (χ1v) is 7.62. The van der Waals surface area contributed by atoms with Crippen LogP contribution in [0.25, 0.3) is 0 Å². The lowest BCUT2D eigenvalue weighted by atomic mass is 9.90. The zero-order valence-corrected chi connectivity index (χ0v) is 13.3. The minimum absolute atomic E-state index is 0.0870. The predicted octanol–water partition coefficient (Wildman–Crippen LogP) is 2.27. The van der Waals surface area contributed by atoms with Crippen LogP contribution < -0.4 is 10.5 Å². The van der Waals surface area contributed by atoms with E-state index >= 15 is 0 Å². The molecule has 1 amide bonds. The predicted molar refractivity (Wildman–Crippen MR) is 84.4 cm³/mol. The molecule has 1 atom stereocenters. The highest BCUT2D eigenvalue weighted by Gasteiger charge is 2.34. The average molecular weight is 290 g/mol. The summed E-state index contributed by atoms with van der Waals surface area (Å²) < 4.78 is 5.75. The summed E-state index contributed by atoms with van der Waals surface area (Å²) in [5, 5.41) is 0. The number of nitrogens with zero attached hydrogens (tertiary/aromatic N) is 1. The van der Waals surface area contributed by atoms with Crippen molar-refractivity contribution in [3.8, 4) is 5.75 Å². The Kier molecular flexibility index (Phi) is 4.88. The van der Waals surface area contributed by atoms with Gasteiger partial charge in [0, 0.05) is 13.1 Å². The molecule has 0 spiro atoms. The molecule has 1 aromatic rings. The van der Waals surface area contributed by atoms with Crippen LogP contribution in [-0.2, 0) is 4.79 Å². The molecule has 0 aromatic heterocycles. The van der Waals surface area contributed by atoms with Gasteiger partial charge in [-0.05, 0) is 49.4 Å². The largest absolute Gasteiger partial charge is 0.493 e. The number of carbonyl (C=O) groups is 1. The molecule has 0 bridgehead atoms. The van der Waals surface area contributed by atoms with E-state index < -0.39 is 0 Å². The van der Waals surface area contributed by atoms with Crippen molar-refractivity contribution in [2.24, 2.45) is 11.1 Å². The van der Waals surface area contributed by atoms with E-state index in [-0.39, 0.29) is 11.3 Å². The van der Waals surface area contributed by atoms with Crippen LogP contribution in [-0.4, -0.2) is 37.0 Å². The highest BCUT2D eigenvalue weighted by atomic mass is 16.5. The first-order chi connectivity index (χ1) is 9.95. The Morgan fingerprint density at radius 2 is 2.19 bits per heavy atom. The summed E-state index contributed by atoms with van der Waals surface area (Å²) >= 11 is 0. The van der Waals surface area contributed by atoms with Crippen molar-refractivity contribution in [2.75, 3.05) is 26.2 Å². The molecule has 1 saturated heterocycles. The zero-order valence-electron chi connectivity index (χ0n) is 13.3. The second-order valence-electron chi connectivity index (χ2n) is 6.38. The molecule has 1 heterocycles. The van der Waals surface area contributed by atoms with Crippen LogP contribution in [0.4, 0.5) is 0 Å². The van der Waals surface area contributed by atoms with E-state index in [2.05, 4.69) is 19.9 Å². The molecular formula is C17H26N2O2. The lowest BCUT2D eigenvalue weighted by Gasteiger charge is -2.22. The van der Waals surface area contributed by atoms with Gasteiger partial charge in [0.05, 0.1) is 13.0 Å². The summed E-state index contributed by atoms with van der Waals surface area (Å²) in [6.45, 7) is 8.90. The number of amides is 1. The fourth-order valence-corrected chi connectivity index (χ4v) is 2.69. The Balaban J connectivity index is 1.81. The van der Waals surface area contributed by atoms with Crippen molar-refractivity contribution in [3.63, 3.8) is 0 Å². The molecule has 0 saturated carbocycles. The third-order valence-electron chi connectivity index (χ3n) is 4.53. The minimum Gasteiger partial charge on any atom is -0.493 e. The summed E-state index contributed by atoms with van der Waals surface area (Å²) in [4.78, 5) is 14.1. The maximum absolute atomic E-state index is 12.2. The van der Waals surface area contributed by atoms with Gasteiger partial charge in [0.25, 0.3) is 0 Å². The molecule has 116 valence electrons. The first-order valence-electron chi connectivity index (χ1n) is 7.62. The van der Waals surface area contributed by atoms with E-state index in [1.54, 1.807) is 0 Å². The number of benzene rings is 1. The zero-order chi connectivity index (χ0) is 15.5. The topological polar surface area (TPSA) is 55.6 Å². The van der Waals surface area contributed by atoms with Gasteiger partial charge in [-0.15, -0.1) is 0 Å². The molecule has 4 heteroatoms. The van der Waals surface area contributed by atoms with Gasteiger partial charge in [-0.3, -0.25) is 4.79 Å². The van der Waals surface area contributed by atoms with Gasteiger partial charge >= 0.3 is 0 Å². The van der Waals surface area contributed by atoms with E-state index in [9.17, 15) is 4.79 Å². The van der Waals surface area contributed by atoms with Crippen LogP contribution in [0, 0.1) is 19.3 Å². The fourth-order valence-electron chi connectivity index (χ4n) is 2.69. The maximum atomic E-state index is 12.2. The second kappa shape index (κ2) is 6.48. The van der Waals surface area contributed by atoms with Gasteiger partial charge in [0.15, 0.2) is 0 Å². The molecule has 0 aliphatic carbocycles. The Hall–Kier alpha value is -1.55. The molecule has 4 nitrogen and oxygen atoms in total. The monoisotopic (exact) mass is 290 g/mol. The number of ether oxygens (including phenoxy) is 1. The Bertz CT molecular complexity index is 516. The summed E-state index contributed by atoms with van der Waals surface area (Å²) in [7, 11) is 0. The van der Waals surface area contributed by atoms with Gasteiger partial charge in [0.1, 0.15) is 5.75 Å². The minimum atomic E-state index is 0.0870. The Labute approximate surface area is 127 Å². The van der Waals surface area contributed by atoms with E-state index in [1.165, 1.54) is 5.56 Å². The van der Waals surface area contributed by atoms with Crippen LogP contribution in [0.5, 0.6) is 5.75 Å². The molecule has 2 rings (SSSR count). The Morgan fingerprint density at radius 1 is 1.43 bits per heavy atom. The van der Waals surface area contributed by atoms with Crippen molar-refractivity contribution < 1.29 is 9.53 Å². The van der Waals surface area contributed by atoms with Crippen molar-refractivity contribution >= 4 is 5.91 Å². The van der Waals surface area contributed by atoms with E-state index in [0.717, 1.165) is 30.8 Å². The smallest absolute Gasteiger partial charge is 0.226 e. The van der Waals surface area contributed by atoms with Crippen LogP contribution >= 0.6 is 0 Å². The van der Waals surface area contributed by atoms with Gasteiger partial charge in [-0.1, -0.05) is 19.1 Å². The average Bonchev–Trinajstić information content (AvgIpc) is 2.87. The molecule has 2 N–H and O–H groups in total. The van der Waals surface area contributed by atoms with Gasteiger partial charge in [-0.2, -0.15) is 0 Å². The normalized spacial score (nSPS) is 21.6. The summed E-state index contributed by atoms with van der Waals surface area (Å²) in [5.74, 6) is 1.04. The van der Waals surface area contributed by atoms with Gasteiger partial charge < -0.3 is 15.4 Å². The maximum Gasteiger partial charge on any atom is 0.226 e. The third-order valence-corrected chi connectivity index (χ3v) is 4.53. The number of aryl methyl sites for hydroxylation is 1. The third kappa shape index (κ3) is 3.76. The van der Waals surface area contributed by atoms with Crippen LogP contribution in [0.15, 0.2) is 18.2 Å².